The molecule has 0 radical (unpaired) electrons. The number of fused-ring (bicyclic) bond motifs is 4. The van der Waals surface area contributed by atoms with Gasteiger partial charge in [-0.3, -0.25) is 44.5 Å². The van der Waals surface area contributed by atoms with E-state index in [1.165, 1.54) is 24.5 Å². The van der Waals surface area contributed by atoms with E-state index in [-0.39, 0.29) is 145 Å². The van der Waals surface area contributed by atoms with Crippen molar-refractivity contribution in [1.29, 1.82) is 10.5 Å². The van der Waals surface area contributed by atoms with Gasteiger partial charge in [-0.15, -0.1) is 0 Å². The molecule has 7 atom stereocenters. The Hall–Kier alpha value is -14.0. The monoisotopic (exact) mass is 1950 g/mol. The van der Waals surface area contributed by atoms with Crippen molar-refractivity contribution in [2.75, 3.05) is 132 Å². The molecular weight excluding hydrogens is 1830 g/mol. The molecule has 6 aliphatic heterocycles. The molecule has 46 heteroatoms. The van der Waals surface area contributed by atoms with E-state index < -0.39 is 28.9 Å². The standard InChI is InChI=1S/C25H31N9O3.C24H27F2N9O2.C24H30N6O4.C23H31N7O4/c1-14(25(2,3)36)8-19(35)22-29-23(31-24(30-22)37-12-17-9-16(17)10-26)34-6-4-15(5-7-34)20-18-11-27-13-28-21(18)33-32-20;1-14(23(2,25)26)29-20(36)19-30-21(32-22(31-19)37-13-24(12-27)7-8-24)35-10-5-15(6-11-35)17-16-4-3-9-28-18(16)34-33-17;1-15(12-32-2)34-24-28-19(23(31)27-17-13-33-14-17)10-21(29-24)30-8-5-16(6-9-30)22-18-4-3-7-25-20(18)11-26-22;1-14(12-31)11-18(32)21-25-22(27-23(26-21)34-15(2)13-33-3)30-9-6-16(7-10-30)19-17-5-4-8-24-20(17)29-28-19/h11,13-17,36H,4-9,12H2,1-3H3,(H,27,28,32,33);3-4,9,14-15H,5-8,10-11,13H2,1-2H3,(H,29,36)(H,28,33,34);3-4,7,10,15-17H,5-6,8-9,11-14H2,1-2H3,(H,27,31);4-5,8,14-16,31H,6-7,9-13H2,1-3H3,(H,24,28,29)/t14-,16-,17+;;15-;14-,15+/m0.10/s1. The number of aliphatic hydroxyl groups is 2. The van der Waals surface area contributed by atoms with Crippen molar-refractivity contribution in [3.63, 3.8) is 0 Å². The lowest BCUT2D eigenvalue weighted by Gasteiger charge is -2.33. The van der Waals surface area contributed by atoms with Gasteiger partial charge in [0.25, 0.3) is 17.7 Å². The quantitative estimate of drug-likeness (QED) is 0.0182. The first-order chi connectivity index (χ1) is 68.5. The molecule has 0 aromatic carbocycles. The minimum atomic E-state index is -3.12. The fourth-order valence-electron chi connectivity index (χ4n) is 17.4. The summed E-state index contributed by atoms with van der Waals surface area (Å²) in [7, 11) is 3.21. The van der Waals surface area contributed by atoms with Gasteiger partial charge in [0.15, 0.2) is 16.9 Å². The number of carbonyl (C=O) groups is 4. The summed E-state index contributed by atoms with van der Waals surface area (Å²) >= 11 is 0. The number of pyridine rings is 3. The van der Waals surface area contributed by atoms with Gasteiger partial charge in [0.2, 0.25) is 46.9 Å². The van der Waals surface area contributed by atoms with Crippen LogP contribution in [0.15, 0.2) is 78.6 Å². The summed E-state index contributed by atoms with van der Waals surface area (Å²) in [5.74, 6) is -2.36. The molecule has 2 saturated carbocycles. The Morgan fingerprint density at radius 1 is 0.599 bits per heavy atom. The Kier molecular flexibility index (Phi) is 32.2. The van der Waals surface area contributed by atoms with Crippen LogP contribution in [0.4, 0.5) is 32.4 Å². The largest absolute Gasteiger partial charge is 0.463 e. The lowest BCUT2D eigenvalue weighted by Crippen LogP contribution is -2.48. The normalized spacial score (nSPS) is 18.8. The maximum atomic E-state index is 13.6. The molecular formula is C96H119F2N31O13. The average molecular weight is 1950 g/mol. The van der Waals surface area contributed by atoms with Crippen LogP contribution in [0.25, 0.3) is 33.1 Å². The van der Waals surface area contributed by atoms with Crippen molar-refractivity contribution in [3.05, 3.63) is 125 Å². The summed E-state index contributed by atoms with van der Waals surface area (Å²) < 4.78 is 65.9. The van der Waals surface area contributed by atoms with Crippen LogP contribution < -0.4 is 49.2 Å². The summed E-state index contributed by atoms with van der Waals surface area (Å²) in [4.78, 5) is 134. The second-order valence-electron chi connectivity index (χ2n) is 38.2. The molecule has 750 valence electrons. The van der Waals surface area contributed by atoms with E-state index in [1.807, 2.05) is 67.1 Å². The van der Waals surface area contributed by atoms with E-state index in [0.717, 1.165) is 122 Å². The lowest BCUT2D eigenvalue weighted by atomic mass is 9.88. The minimum absolute atomic E-state index is 0.00182. The fraction of sp³-hybridized carbons (Fsp3) is 0.562. The first kappa shape index (κ1) is 101. The molecule has 2 amide bonds. The second-order valence-corrected chi connectivity index (χ2v) is 38.2. The first-order valence-corrected chi connectivity index (χ1v) is 48.2. The Bertz CT molecular complexity index is 6350. The van der Waals surface area contributed by atoms with Crippen LogP contribution in [0.1, 0.15) is 227 Å². The number of nitrogens with zero attached hydrogens (tertiary/aromatic N) is 26. The molecule has 5 saturated heterocycles. The second kappa shape index (κ2) is 45.3. The Labute approximate surface area is 817 Å². The number of aromatic amines is 3. The number of nitriles is 2. The van der Waals surface area contributed by atoms with Gasteiger partial charge < -0.3 is 73.6 Å². The highest BCUT2D eigenvalue weighted by molar-refractivity contribution is 6.05. The molecule has 17 heterocycles. The highest BCUT2D eigenvalue weighted by Crippen LogP contribution is 2.46. The molecule has 142 heavy (non-hydrogen) atoms. The number of rotatable bonds is 35. The number of carbonyl (C=O) groups excluding carboxylic acids is 4. The predicted molar refractivity (Wildman–Crippen MR) is 512 cm³/mol. The highest BCUT2D eigenvalue weighted by Gasteiger charge is 2.45. The van der Waals surface area contributed by atoms with Gasteiger partial charge >= 0.3 is 24.0 Å². The van der Waals surface area contributed by atoms with E-state index >= 15 is 0 Å². The van der Waals surface area contributed by atoms with E-state index in [9.17, 15) is 43.4 Å². The summed E-state index contributed by atoms with van der Waals surface area (Å²) in [6, 6.07) is 17.0. The number of ether oxygens (including phenoxy) is 7. The number of halogens is 2. The number of methoxy groups -OCH3 is 2. The van der Waals surface area contributed by atoms with E-state index in [2.05, 4.69) is 149 Å². The van der Waals surface area contributed by atoms with Crippen molar-refractivity contribution < 1.29 is 71.3 Å². The van der Waals surface area contributed by atoms with E-state index in [0.29, 0.717) is 138 Å². The molecule has 2 aliphatic carbocycles. The predicted octanol–water partition coefficient (Wildman–Crippen LogP) is 9.20. The Morgan fingerprint density at radius 3 is 1.62 bits per heavy atom. The van der Waals surface area contributed by atoms with E-state index in [4.69, 9.17) is 43.4 Å². The third kappa shape index (κ3) is 25.3. The van der Waals surface area contributed by atoms with Crippen LogP contribution >= 0.6 is 0 Å². The first-order valence-electron chi connectivity index (χ1n) is 48.2. The molecule has 11 aromatic rings. The number of aliphatic imine (C=N–C) groups is 1. The van der Waals surface area contributed by atoms with Crippen molar-refractivity contribution in [2.24, 2.45) is 40.0 Å². The average Bonchev–Trinajstić information content (AvgIpc) is 1.57. The summed E-state index contributed by atoms with van der Waals surface area (Å²) in [6.07, 6.45) is 17.3. The maximum absolute atomic E-state index is 13.6. The molecule has 11 aromatic heterocycles. The smallest absolute Gasteiger partial charge is 0.322 e. The molecule has 44 nitrogen and oxygen atoms in total. The number of Topliss-reactive ketones (excluding diaryl/α,β-unsaturated/α-hetero) is 2. The van der Waals surface area contributed by atoms with Crippen molar-refractivity contribution in [1.82, 2.24) is 121 Å². The number of ketones is 2. The number of alkyl halides is 2. The SMILES string of the molecule is CC(NC(=O)c1nc(OCC2(C#N)CC2)nc(N2CCC(c3[nH]nc4ncccc34)CC2)n1)C(C)(F)F.COC[C@@H](C)Oc1nc(C(=O)C[C@H](C)CO)nc(N2CCC(c3[nH]nc4ncccc34)CC2)n1.COC[C@@H](C)Oc1nc(C(=O)NC2COC2)cc(N2CCC(C3=NCc4ncccc43)CC2)n1.C[C@@H](CC(=O)c1nc(OC[C@H]2C[C@H]2C#N)nc(N2CCC(c3[nH]nc4ncncc34)CC2)n1)C(C)(C)O. The fourth-order valence-corrected chi connectivity index (χ4v) is 17.4. The summed E-state index contributed by atoms with van der Waals surface area (Å²) in [5, 5.41) is 68.5. The molecule has 0 spiro atoms. The number of amides is 2. The Balaban J connectivity index is 0.000000136. The Morgan fingerprint density at radius 2 is 1.10 bits per heavy atom. The van der Waals surface area contributed by atoms with Crippen molar-refractivity contribution in [3.8, 4) is 36.2 Å². The number of hydrogen-bond donors (Lipinski definition) is 7. The topological polar surface area (TPSA) is 563 Å². The summed E-state index contributed by atoms with van der Waals surface area (Å²) in [5.41, 5.74) is 7.35. The number of H-pyrrole nitrogens is 3. The number of nitrogens with one attached hydrogen (secondary N) is 5. The van der Waals surface area contributed by atoms with Crippen LogP contribution in [0, 0.1) is 57.7 Å². The van der Waals surface area contributed by atoms with Gasteiger partial charge in [-0.1, -0.05) is 13.8 Å². The zero-order valence-electron chi connectivity index (χ0n) is 81.1. The van der Waals surface area contributed by atoms with Crippen LogP contribution in [-0.2, 0) is 20.8 Å². The number of aliphatic hydroxyl groups excluding tert-OH is 1. The van der Waals surface area contributed by atoms with Crippen LogP contribution in [0.3, 0.4) is 0 Å². The van der Waals surface area contributed by atoms with Gasteiger partial charge in [-0.05, 0) is 153 Å². The molecule has 1 unspecified atom stereocenters. The number of hydrogen-bond acceptors (Lipinski definition) is 39. The van der Waals surface area contributed by atoms with E-state index in [1.54, 1.807) is 59.6 Å². The highest BCUT2D eigenvalue weighted by atomic mass is 19.3. The van der Waals surface area contributed by atoms with Crippen molar-refractivity contribution in [2.45, 2.75) is 199 Å². The molecule has 19 rings (SSSR count). The van der Waals surface area contributed by atoms with Gasteiger partial charge in [0.05, 0.1) is 91.8 Å². The van der Waals surface area contributed by atoms with Crippen LogP contribution in [0.5, 0.6) is 24.0 Å². The minimum Gasteiger partial charge on any atom is -0.463 e. The zero-order valence-corrected chi connectivity index (χ0v) is 81.1. The lowest BCUT2D eigenvalue weighted by molar-refractivity contribution is -0.0109. The van der Waals surface area contributed by atoms with Gasteiger partial charge in [-0.25, -0.2) is 28.7 Å². The maximum Gasteiger partial charge on any atom is 0.322 e. The van der Waals surface area contributed by atoms with Crippen LogP contribution in [0.2, 0.25) is 0 Å². The third-order valence-corrected chi connectivity index (χ3v) is 26.9. The zero-order chi connectivity index (χ0) is 99.9. The molecule has 8 aliphatic rings. The third-order valence-electron chi connectivity index (χ3n) is 26.9. The summed E-state index contributed by atoms with van der Waals surface area (Å²) in [6.45, 7) is 21.0. The number of piperidine rings is 4. The van der Waals surface area contributed by atoms with Gasteiger partial charge in [0.1, 0.15) is 36.7 Å². The number of aromatic nitrogens is 22. The van der Waals surface area contributed by atoms with Gasteiger partial charge in [0, 0.05) is 193 Å². The molecule has 7 N–H and O–H groups in total. The molecule has 0 bridgehead atoms. The number of anilines is 4. The molecule has 7 fully saturated rings. The van der Waals surface area contributed by atoms with Crippen LogP contribution in [-0.4, -0.2) is 298 Å². The van der Waals surface area contributed by atoms with Crippen molar-refractivity contribution >= 4 is 85.9 Å². The van der Waals surface area contributed by atoms with Gasteiger partial charge in [-0.2, -0.15) is 80.6 Å².